The fourth-order valence-corrected chi connectivity index (χ4v) is 2.59. The first-order valence-corrected chi connectivity index (χ1v) is 7.60. The quantitative estimate of drug-likeness (QED) is 0.769. The molecule has 5 nitrogen and oxygen atoms in total. The molecule has 1 aromatic carbocycles. The number of carbonyl (C=O) groups is 3. The summed E-state index contributed by atoms with van der Waals surface area (Å²) in [7, 11) is 0. The highest BCUT2D eigenvalue weighted by Crippen LogP contribution is 2.12. The lowest BCUT2D eigenvalue weighted by molar-refractivity contribution is -0.121. The van der Waals surface area contributed by atoms with Crippen molar-refractivity contribution in [3.63, 3.8) is 0 Å². The molecule has 0 unspecified atom stereocenters. The molecule has 0 fully saturated rings. The van der Waals surface area contributed by atoms with Crippen LogP contribution in [0.5, 0.6) is 0 Å². The van der Waals surface area contributed by atoms with E-state index in [1.165, 1.54) is 23.5 Å². The number of amides is 1. The summed E-state index contributed by atoms with van der Waals surface area (Å²) in [5.41, 5.74) is 0.887. The Morgan fingerprint density at radius 3 is 2.59 bits per heavy atom. The molecule has 6 heteroatoms. The van der Waals surface area contributed by atoms with Crippen LogP contribution >= 0.6 is 11.3 Å². The molecule has 0 radical (unpaired) electrons. The van der Waals surface area contributed by atoms with Crippen LogP contribution in [0.1, 0.15) is 38.4 Å². The van der Waals surface area contributed by atoms with Gasteiger partial charge in [0.15, 0.2) is 5.78 Å². The van der Waals surface area contributed by atoms with E-state index in [1.807, 2.05) is 5.38 Å². The molecule has 114 valence electrons. The maximum atomic E-state index is 11.8. The van der Waals surface area contributed by atoms with Gasteiger partial charge in [0.1, 0.15) is 0 Å². The molecule has 1 amide bonds. The zero-order valence-electron chi connectivity index (χ0n) is 11.7. The van der Waals surface area contributed by atoms with E-state index >= 15 is 0 Å². The third kappa shape index (κ3) is 4.53. The van der Waals surface area contributed by atoms with Crippen molar-refractivity contribution in [3.8, 4) is 0 Å². The van der Waals surface area contributed by atoms with Crippen molar-refractivity contribution in [2.75, 3.05) is 0 Å². The lowest BCUT2D eigenvalue weighted by atomic mass is 10.1. The van der Waals surface area contributed by atoms with E-state index in [4.69, 9.17) is 5.11 Å². The van der Waals surface area contributed by atoms with Crippen molar-refractivity contribution in [3.05, 3.63) is 57.8 Å². The lowest BCUT2D eigenvalue weighted by Gasteiger charge is -2.05. The molecule has 2 aromatic rings. The SMILES string of the molecule is O=C(CCC(=O)c1cccs1)NCc1cccc(C(=O)O)c1. The summed E-state index contributed by atoms with van der Waals surface area (Å²) in [4.78, 5) is 35.0. The molecule has 0 aliphatic heterocycles. The molecule has 22 heavy (non-hydrogen) atoms. The maximum Gasteiger partial charge on any atom is 0.335 e. The molecule has 0 bridgehead atoms. The van der Waals surface area contributed by atoms with Gasteiger partial charge in [-0.25, -0.2) is 4.79 Å². The molecule has 0 aliphatic carbocycles. The number of thiophene rings is 1. The summed E-state index contributed by atoms with van der Waals surface area (Å²) < 4.78 is 0. The van der Waals surface area contributed by atoms with Crippen LogP contribution in [0.4, 0.5) is 0 Å². The second-order valence-corrected chi connectivity index (χ2v) is 5.63. The summed E-state index contributed by atoms with van der Waals surface area (Å²) in [6.45, 7) is 0.243. The third-order valence-electron chi connectivity index (χ3n) is 3.04. The van der Waals surface area contributed by atoms with Gasteiger partial charge in [-0.1, -0.05) is 18.2 Å². The van der Waals surface area contributed by atoms with Crippen LogP contribution in [0.3, 0.4) is 0 Å². The van der Waals surface area contributed by atoms with E-state index in [9.17, 15) is 14.4 Å². The van der Waals surface area contributed by atoms with Crippen molar-refractivity contribution in [1.82, 2.24) is 5.32 Å². The Labute approximate surface area is 131 Å². The number of nitrogens with one attached hydrogen (secondary N) is 1. The van der Waals surface area contributed by atoms with Crippen LogP contribution in [-0.4, -0.2) is 22.8 Å². The standard InChI is InChI=1S/C16H15NO4S/c18-13(14-5-2-8-22-14)6-7-15(19)17-10-11-3-1-4-12(9-11)16(20)21/h1-5,8-9H,6-7,10H2,(H,17,19)(H,20,21). The minimum absolute atomic E-state index is 0.0435. The largest absolute Gasteiger partial charge is 0.478 e. The Morgan fingerprint density at radius 1 is 1.09 bits per heavy atom. The number of carbonyl (C=O) groups excluding carboxylic acids is 2. The van der Waals surface area contributed by atoms with Gasteiger partial charge in [0.05, 0.1) is 10.4 Å². The normalized spacial score (nSPS) is 10.2. The van der Waals surface area contributed by atoms with Gasteiger partial charge in [0.2, 0.25) is 5.91 Å². The minimum atomic E-state index is -1.00. The van der Waals surface area contributed by atoms with E-state index in [0.29, 0.717) is 10.4 Å². The predicted molar refractivity (Wildman–Crippen MR) is 83.1 cm³/mol. The Bertz CT molecular complexity index is 679. The molecule has 0 aliphatic rings. The molecule has 0 saturated carbocycles. The molecule has 0 atom stereocenters. The van der Waals surface area contributed by atoms with Crippen molar-refractivity contribution in [1.29, 1.82) is 0 Å². The third-order valence-corrected chi connectivity index (χ3v) is 3.95. The Morgan fingerprint density at radius 2 is 1.91 bits per heavy atom. The van der Waals surface area contributed by atoms with Gasteiger partial charge in [-0.15, -0.1) is 11.3 Å². The number of hydrogen-bond acceptors (Lipinski definition) is 4. The highest BCUT2D eigenvalue weighted by molar-refractivity contribution is 7.12. The molecule has 1 heterocycles. The smallest absolute Gasteiger partial charge is 0.335 e. The Hall–Kier alpha value is -2.47. The first-order chi connectivity index (χ1) is 10.6. The van der Waals surface area contributed by atoms with Gasteiger partial charge >= 0.3 is 5.97 Å². The maximum absolute atomic E-state index is 11.8. The summed E-state index contributed by atoms with van der Waals surface area (Å²) in [6.07, 6.45) is 0.289. The van der Waals surface area contributed by atoms with Crippen LogP contribution < -0.4 is 5.32 Å². The van der Waals surface area contributed by atoms with E-state index in [2.05, 4.69) is 5.32 Å². The fraction of sp³-hybridized carbons (Fsp3) is 0.188. The second kappa shape index (κ2) is 7.51. The first-order valence-electron chi connectivity index (χ1n) is 6.72. The van der Waals surface area contributed by atoms with Gasteiger partial charge in [-0.05, 0) is 29.1 Å². The number of benzene rings is 1. The molecule has 0 spiro atoms. The van der Waals surface area contributed by atoms with E-state index in [1.54, 1.807) is 24.3 Å². The van der Waals surface area contributed by atoms with Crippen LogP contribution in [-0.2, 0) is 11.3 Å². The highest BCUT2D eigenvalue weighted by atomic mass is 32.1. The van der Waals surface area contributed by atoms with Crippen LogP contribution in [0.15, 0.2) is 41.8 Å². The number of Topliss-reactive ketones (excluding diaryl/α,β-unsaturated/α-hetero) is 1. The number of hydrogen-bond donors (Lipinski definition) is 2. The van der Waals surface area contributed by atoms with Crippen molar-refractivity contribution in [2.24, 2.45) is 0 Å². The minimum Gasteiger partial charge on any atom is -0.478 e. The zero-order chi connectivity index (χ0) is 15.9. The highest BCUT2D eigenvalue weighted by Gasteiger charge is 2.10. The number of ketones is 1. The lowest BCUT2D eigenvalue weighted by Crippen LogP contribution is -2.23. The van der Waals surface area contributed by atoms with E-state index in [-0.39, 0.29) is 36.6 Å². The molecular weight excluding hydrogens is 302 g/mol. The van der Waals surface area contributed by atoms with Gasteiger partial charge in [0, 0.05) is 19.4 Å². The van der Waals surface area contributed by atoms with Crippen LogP contribution in [0, 0.1) is 0 Å². The molecule has 2 rings (SSSR count). The van der Waals surface area contributed by atoms with Crippen molar-refractivity contribution >= 4 is 29.0 Å². The van der Waals surface area contributed by atoms with Crippen LogP contribution in [0.25, 0.3) is 0 Å². The number of aromatic carboxylic acids is 1. The summed E-state index contributed by atoms with van der Waals surface area (Å²) in [5.74, 6) is -1.28. The number of carboxylic acids is 1. The van der Waals surface area contributed by atoms with Gasteiger partial charge in [-0.2, -0.15) is 0 Å². The van der Waals surface area contributed by atoms with Crippen molar-refractivity contribution < 1.29 is 19.5 Å². The average Bonchev–Trinajstić information content (AvgIpc) is 3.05. The van der Waals surface area contributed by atoms with Gasteiger partial charge < -0.3 is 10.4 Å². The summed E-state index contributed by atoms with van der Waals surface area (Å²) in [6, 6.07) is 9.91. The predicted octanol–water partition coefficient (Wildman–Crippen LogP) is 2.73. The number of rotatable bonds is 7. The zero-order valence-corrected chi connectivity index (χ0v) is 12.6. The fourth-order valence-electron chi connectivity index (χ4n) is 1.89. The molecule has 1 aromatic heterocycles. The second-order valence-electron chi connectivity index (χ2n) is 4.68. The van der Waals surface area contributed by atoms with Crippen molar-refractivity contribution in [2.45, 2.75) is 19.4 Å². The van der Waals surface area contributed by atoms with Crippen LogP contribution in [0.2, 0.25) is 0 Å². The average molecular weight is 317 g/mol. The summed E-state index contributed by atoms with van der Waals surface area (Å²) in [5, 5.41) is 13.4. The molecule has 2 N–H and O–H groups in total. The molecule has 0 saturated heterocycles. The topological polar surface area (TPSA) is 83.5 Å². The molecular formula is C16H15NO4S. The van der Waals surface area contributed by atoms with Gasteiger partial charge in [-0.3, -0.25) is 9.59 Å². The van der Waals surface area contributed by atoms with Gasteiger partial charge in [0.25, 0.3) is 0 Å². The summed E-state index contributed by atoms with van der Waals surface area (Å²) >= 11 is 1.36. The number of carboxylic acid groups (broad SMARTS) is 1. The monoisotopic (exact) mass is 317 g/mol. The van der Waals surface area contributed by atoms with E-state index < -0.39 is 5.97 Å². The van der Waals surface area contributed by atoms with E-state index in [0.717, 1.165) is 0 Å². The Balaban J connectivity index is 1.79. The Kier molecular flexibility index (Phi) is 5.43. The first kappa shape index (κ1) is 15.9.